The van der Waals surface area contributed by atoms with Crippen LogP contribution in [-0.2, 0) is 0 Å². The molecule has 2 aromatic heterocycles. The highest BCUT2D eigenvalue weighted by Gasteiger charge is 2.16. The minimum atomic E-state index is -0.452. The molecule has 0 saturated heterocycles. The lowest BCUT2D eigenvalue weighted by Crippen LogP contribution is -2.10. The summed E-state index contributed by atoms with van der Waals surface area (Å²) < 4.78 is 11.5. The highest BCUT2D eigenvalue weighted by Crippen LogP contribution is 2.29. The number of oxazole rings is 1. The third kappa shape index (κ3) is 3.97. The first-order valence-electron chi connectivity index (χ1n) is 10.1. The number of para-hydroxylation sites is 2. The van der Waals surface area contributed by atoms with Crippen molar-refractivity contribution in [2.75, 3.05) is 5.32 Å². The molecule has 2 heterocycles. The first kappa shape index (κ1) is 20.2. The quantitative estimate of drug-likeness (QED) is 0.257. The SMILES string of the molecule is Cc1cc([N+](=O)[O-])ccc1-c1ccc(C(=O)Nc2cccc(-c3nc4ccccc4o3)c2)o1. The Labute approximate surface area is 187 Å². The molecule has 5 aromatic rings. The molecule has 1 N–H and O–H groups in total. The van der Waals surface area contributed by atoms with E-state index in [0.717, 1.165) is 11.1 Å². The second-order valence-corrected chi connectivity index (χ2v) is 7.44. The molecule has 0 aliphatic heterocycles. The Morgan fingerprint density at radius 3 is 2.61 bits per heavy atom. The van der Waals surface area contributed by atoms with Gasteiger partial charge in [-0.3, -0.25) is 14.9 Å². The molecule has 1 amide bonds. The van der Waals surface area contributed by atoms with Crippen molar-refractivity contribution >= 4 is 28.4 Å². The number of non-ortho nitro benzene ring substituents is 1. The van der Waals surface area contributed by atoms with E-state index >= 15 is 0 Å². The number of benzene rings is 3. The number of nitro benzene ring substituents is 1. The summed E-state index contributed by atoms with van der Waals surface area (Å²) in [6.07, 6.45) is 0. The maximum Gasteiger partial charge on any atom is 0.291 e. The Morgan fingerprint density at radius 1 is 0.970 bits per heavy atom. The normalized spacial score (nSPS) is 10.9. The molecule has 0 radical (unpaired) electrons. The molecular weight excluding hydrogens is 422 g/mol. The molecule has 0 saturated carbocycles. The summed E-state index contributed by atoms with van der Waals surface area (Å²) >= 11 is 0. The molecule has 0 unspecified atom stereocenters. The highest BCUT2D eigenvalue weighted by atomic mass is 16.6. The van der Waals surface area contributed by atoms with Crippen LogP contribution < -0.4 is 5.32 Å². The van der Waals surface area contributed by atoms with Crippen LogP contribution in [0.4, 0.5) is 11.4 Å². The van der Waals surface area contributed by atoms with Crippen LogP contribution in [0, 0.1) is 17.0 Å². The van der Waals surface area contributed by atoms with Crippen molar-refractivity contribution in [2.45, 2.75) is 6.92 Å². The van der Waals surface area contributed by atoms with E-state index in [9.17, 15) is 14.9 Å². The summed E-state index contributed by atoms with van der Waals surface area (Å²) in [7, 11) is 0. The third-order valence-corrected chi connectivity index (χ3v) is 5.18. The largest absolute Gasteiger partial charge is 0.451 e. The van der Waals surface area contributed by atoms with Gasteiger partial charge in [0.2, 0.25) is 5.89 Å². The van der Waals surface area contributed by atoms with Gasteiger partial charge in [0, 0.05) is 28.9 Å². The number of aromatic nitrogens is 1. The van der Waals surface area contributed by atoms with E-state index in [1.165, 1.54) is 12.1 Å². The molecule has 33 heavy (non-hydrogen) atoms. The summed E-state index contributed by atoms with van der Waals surface area (Å²) in [6.45, 7) is 1.75. The fourth-order valence-corrected chi connectivity index (χ4v) is 3.56. The lowest BCUT2D eigenvalue weighted by Gasteiger charge is -2.05. The van der Waals surface area contributed by atoms with Gasteiger partial charge in [0.1, 0.15) is 11.3 Å². The number of amides is 1. The van der Waals surface area contributed by atoms with Crippen LogP contribution in [0.1, 0.15) is 16.1 Å². The Bertz CT molecular complexity index is 1480. The van der Waals surface area contributed by atoms with Crippen molar-refractivity contribution in [1.29, 1.82) is 0 Å². The van der Waals surface area contributed by atoms with Gasteiger partial charge in [-0.2, -0.15) is 0 Å². The number of furan rings is 1. The number of hydrogen-bond acceptors (Lipinski definition) is 6. The summed E-state index contributed by atoms with van der Waals surface area (Å²) in [6, 6.07) is 22.4. The number of hydrogen-bond donors (Lipinski definition) is 1. The molecule has 0 aliphatic carbocycles. The number of nitrogens with zero attached hydrogens (tertiary/aromatic N) is 2. The number of nitrogens with one attached hydrogen (secondary N) is 1. The zero-order chi connectivity index (χ0) is 22.9. The molecule has 8 nitrogen and oxygen atoms in total. The van der Waals surface area contributed by atoms with Crippen LogP contribution in [0.2, 0.25) is 0 Å². The van der Waals surface area contributed by atoms with Crippen molar-refractivity contribution in [3.05, 3.63) is 100 Å². The first-order valence-corrected chi connectivity index (χ1v) is 10.1. The van der Waals surface area contributed by atoms with E-state index in [4.69, 9.17) is 8.83 Å². The molecule has 3 aromatic carbocycles. The van der Waals surface area contributed by atoms with Gasteiger partial charge in [0.05, 0.1) is 4.92 Å². The summed E-state index contributed by atoms with van der Waals surface area (Å²) in [5.74, 6) is 0.611. The maximum absolute atomic E-state index is 12.7. The fraction of sp³-hybridized carbons (Fsp3) is 0.0400. The van der Waals surface area contributed by atoms with Gasteiger partial charge >= 0.3 is 0 Å². The van der Waals surface area contributed by atoms with Crippen LogP contribution in [0.5, 0.6) is 0 Å². The van der Waals surface area contributed by atoms with E-state index in [1.54, 1.807) is 43.3 Å². The molecule has 8 heteroatoms. The highest BCUT2D eigenvalue weighted by molar-refractivity contribution is 6.02. The Balaban J connectivity index is 1.36. The number of anilines is 1. The average Bonchev–Trinajstić information content (AvgIpc) is 3.47. The standard InChI is InChI=1S/C25H17N3O5/c1-15-13-18(28(30)31)9-10-19(15)21-11-12-23(32-21)24(29)26-17-6-4-5-16(14-17)25-27-20-7-2-3-8-22(20)33-25/h2-14H,1H3,(H,26,29). The number of fused-ring (bicyclic) bond motifs is 1. The lowest BCUT2D eigenvalue weighted by atomic mass is 10.1. The molecular formula is C25H17N3O5. The molecule has 0 spiro atoms. The number of aryl methyl sites for hydroxylation is 1. The Morgan fingerprint density at radius 2 is 1.82 bits per heavy atom. The van der Waals surface area contributed by atoms with Crippen LogP contribution in [0.25, 0.3) is 33.9 Å². The number of carbonyl (C=O) groups is 1. The minimum Gasteiger partial charge on any atom is -0.451 e. The zero-order valence-corrected chi connectivity index (χ0v) is 17.4. The topological polar surface area (TPSA) is 111 Å². The summed E-state index contributed by atoms with van der Waals surface area (Å²) in [5, 5.41) is 13.8. The number of rotatable bonds is 5. The number of carbonyl (C=O) groups excluding carboxylic acids is 1. The van der Waals surface area contributed by atoms with E-state index < -0.39 is 10.8 Å². The Hall–Kier alpha value is -4.72. The summed E-state index contributed by atoms with van der Waals surface area (Å²) in [5.41, 5.74) is 4.08. The van der Waals surface area contributed by atoms with E-state index in [2.05, 4.69) is 10.3 Å². The maximum atomic E-state index is 12.7. The molecule has 0 aliphatic rings. The van der Waals surface area contributed by atoms with Gasteiger partial charge in [-0.1, -0.05) is 18.2 Å². The second kappa shape index (κ2) is 8.08. The van der Waals surface area contributed by atoms with Crippen molar-refractivity contribution in [2.24, 2.45) is 0 Å². The molecule has 0 fully saturated rings. The number of nitro groups is 1. The monoisotopic (exact) mass is 439 g/mol. The van der Waals surface area contributed by atoms with E-state index in [1.807, 2.05) is 30.3 Å². The predicted octanol–water partition coefficient (Wildman–Crippen LogP) is 6.22. The lowest BCUT2D eigenvalue weighted by molar-refractivity contribution is -0.384. The van der Waals surface area contributed by atoms with Crippen molar-refractivity contribution in [3.8, 4) is 22.8 Å². The zero-order valence-electron chi connectivity index (χ0n) is 17.4. The summed E-state index contributed by atoms with van der Waals surface area (Å²) in [4.78, 5) is 27.7. The van der Waals surface area contributed by atoms with Gasteiger partial charge in [0.15, 0.2) is 11.3 Å². The van der Waals surface area contributed by atoms with Gasteiger partial charge in [0.25, 0.3) is 11.6 Å². The second-order valence-electron chi connectivity index (χ2n) is 7.44. The van der Waals surface area contributed by atoms with Gasteiger partial charge in [-0.05, 0) is 61.0 Å². The van der Waals surface area contributed by atoms with E-state index in [-0.39, 0.29) is 11.4 Å². The van der Waals surface area contributed by atoms with Crippen LogP contribution in [0.3, 0.4) is 0 Å². The third-order valence-electron chi connectivity index (χ3n) is 5.18. The first-order chi connectivity index (χ1) is 16.0. The average molecular weight is 439 g/mol. The van der Waals surface area contributed by atoms with Gasteiger partial charge in [-0.15, -0.1) is 0 Å². The Kier molecular flexibility index (Phi) is 4.95. The molecule has 5 rings (SSSR count). The van der Waals surface area contributed by atoms with Gasteiger partial charge in [-0.25, -0.2) is 4.98 Å². The van der Waals surface area contributed by atoms with Crippen LogP contribution in [-0.4, -0.2) is 15.8 Å². The van der Waals surface area contributed by atoms with Gasteiger partial charge < -0.3 is 14.2 Å². The smallest absolute Gasteiger partial charge is 0.291 e. The minimum absolute atomic E-state index is 0.000373. The van der Waals surface area contributed by atoms with Crippen LogP contribution >= 0.6 is 0 Å². The van der Waals surface area contributed by atoms with Crippen molar-refractivity contribution in [3.63, 3.8) is 0 Å². The van der Waals surface area contributed by atoms with Crippen LogP contribution in [0.15, 0.2) is 87.7 Å². The predicted molar refractivity (Wildman–Crippen MR) is 123 cm³/mol. The molecule has 162 valence electrons. The molecule has 0 bridgehead atoms. The van der Waals surface area contributed by atoms with E-state index in [0.29, 0.717) is 34.0 Å². The van der Waals surface area contributed by atoms with Crippen molar-refractivity contribution < 1.29 is 18.6 Å². The van der Waals surface area contributed by atoms with Crippen molar-refractivity contribution in [1.82, 2.24) is 4.98 Å². The molecule has 0 atom stereocenters. The fourth-order valence-electron chi connectivity index (χ4n) is 3.56.